The van der Waals surface area contributed by atoms with E-state index in [1.54, 1.807) is 0 Å². The van der Waals surface area contributed by atoms with E-state index in [-0.39, 0.29) is 6.61 Å². The van der Waals surface area contributed by atoms with Crippen LogP contribution in [0.5, 0.6) is 0 Å². The number of rotatable bonds is 6. The highest BCUT2D eigenvalue weighted by Crippen LogP contribution is 2.24. The summed E-state index contributed by atoms with van der Waals surface area (Å²) in [6.07, 6.45) is 4.00. The highest BCUT2D eigenvalue weighted by atomic mass is 16.5. The SMILES string of the molecule is N[C@H](C(=O)O)[C@H](OCC1CCCCC1)C(=O)O. The van der Waals surface area contributed by atoms with Crippen LogP contribution in [0.3, 0.4) is 0 Å². The second kappa shape index (κ2) is 6.56. The van der Waals surface area contributed by atoms with Crippen LogP contribution in [0.4, 0.5) is 0 Å². The molecule has 0 bridgehead atoms. The fourth-order valence-electron chi connectivity index (χ4n) is 2.05. The number of hydrogen-bond donors (Lipinski definition) is 3. The molecule has 0 aliphatic heterocycles. The molecule has 0 radical (unpaired) electrons. The second-order valence-corrected chi connectivity index (χ2v) is 4.46. The van der Waals surface area contributed by atoms with Crippen molar-refractivity contribution in [1.82, 2.24) is 0 Å². The summed E-state index contributed by atoms with van der Waals surface area (Å²) in [6, 6.07) is -1.52. The molecule has 1 rings (SSSR count). The van der Waals surface area contributed by atoms with Crippen molar-refractivity contribution in [1.29, 1.82) is 0 Å². The summed E-state index contributed by atoms with van der Waals surface area (Å²) in [5, 5.41) is 17.5. The van der Waals surface area contributed by atoms with E-state index >= 15 is 0 Å². The molecule has 6 nitrogen and oxygen atoms in total. The number of hydrogen-bond acceptors (Lipinski definition) is 4. The van der Waals surface area contributed by atoms with Crippen molar-refractivity contribution in [3.8, 4) is 0 Å². The molecule has 0 aromatic carbocycles. The topological polar surface area (TPSA) is 110 Å². The summed E-state index contributed by atoms with van der Waals surface area (Å²) < 4.78 is 5.16. The first-order valence-electron chi connectivity index (χ1n) is 5.85. The molecule has 6 heteroatoms. The van der Waals surface area contributed by atoms with Crippen molar-refractivity contribution in [2.45, 2.75) is 44.2 Å². The maximum Gasteiger partial charge on any atom is 0.335 e. The van der Waals surface area contributed by atoms with Crippen LogP contribution in [0, 0.1) is 5.92 Å². The third-order valence-electron chi connectivity index (χ3n) is 3.09. The maximum absolute atomic E-state index is 10.8. The van der Waals surface area contributed by atoms with Gasteiger partial charge in [-0.1, -0.05) is 19.3 Å². The molecule has 98 valence electrons. The molecule has 1 saturated carbocycles. The van der Waals surface area contributed by atoms with Gasteiger partial charge < -0.3 is 20.7 Å². The molecule has 4 N–H and O–H groups in total. The predicted octanol–water partition coefficient (Wildman–Crippen LogP) is 0.448. The molecule has 1 aliphatic rings. The lowest BCUT2D eigenvalue weighted by Gasteiger charge is -2.24. The Morgan fingerprint density at radius 2 is 1.76 bits per heavy atom. The van der Waals surface area contributed by atoms with Crippen molar-refractivity contribution < 1.29 is 24.5 Å². The van der Waals surface area contributed by atoms with Gasteiger partial charge in [0.1, 0.15) is 6.04 Å². The molecule has 0 unspecified atom stereocenters. The molecule has 0 saturated heterocycles. The van der Waals surface area contributed by atoms with Gasteiger partial charge in [-0.3, -0.25) is 4.79 Å². The number of carbonyl (C=O) groups is 2. The summed E-state index contributed by atoms with van der Waals surface area (Å²) in [4.78, 5) is 21.5. The molecular weight excluding hydrogens is 226 g/mol. The van der Waals surface area contributed by atoms with Gasteiger partial charge in [0.05, 0.1) is 6.61 Å². The lowest BCUT2D eigenvalue weighted by atomic mass is 9.90. The lowest BCUT2D eigenvalue weighted by Crippen LogP contribution is -2.48. The normalized spacial score (nSPS) is 20.8. The van der Waals surface area contributed by atoms with Gasteiger partial charge in [-0.2, -0.15) is 0 Å². The molecule has 0 aromatic rings. The first-order valence-corrected chi connectivity index (χ1v) is 5.85. The summed E-state index contributed by atoms with van der Waals surface area (Å²) in [5.74, 6) is -2.36. The third-order valence-corrected chi connectivity index (χ3v) is 3.09. The number of carboxylic acid groups (broad SMARTS) is 2. The van der Waals surface area contributed by atoms with Crippen LogP contribution in [0.2, 0.25) is 0 Å². The molecule has 0 heterocycles. The van der Waals surface area contributed by atoms with Crippen molar-refractivity contribution in [2.24, 2.45) is 11.7 Å². The Bertz CT molecular complexity index is 275. The zero-order valence-corrected chi connectivity index (χ0v) is 9.67. The molecule has 17 heavy (non-hydrogen) atoms. The van der Waals surface area contributed by atoms with Crippen LogP contribution in [-0.4, -0.2) is 40.9 Å². The van der Waals surface area contributed by atoms with Crippen molar-refractivity contribution in [3.63, 3.8) is 0 Å². The first-order chi connectivity index (χ1) is 8.02. The standard InChI is InChI=1S/C11H19NO5/c12-8(10(13)14)9(11(15)16)17-6-7-4-2-1-3-5-7/h7-9H,1-6,12H2,(H,13,14)(H,15,16)/t8-,9-/m0/s1. The van der Waals surface area contributed by atoms with E-state index in [0.717, 1.165) is 25.7 Å². The molecular formula is C11H19NO5. The van der Waals surface area contributed by atoms with Gasteiger partial charge in [0.2, 0.25) is 0 Å². The first kappa shape index (κ1) is 13.9. The second-order valence-electron chi connectivity index (χ2n) is 4.46. The summed E-state index contributed by atoms with van der Waals surface area (Å²) >= 11 is 0. The van der Waals surface area contributed by atoms with Gasteiger partial charge in [0, 0.05) is 0 Å². The minimum atomic E-state index is -1.52. The minimum Gasteiger partial charge on any atom is -0.480 e. The van der Waals surface area contributed by atoms with Gasteiger partial charge in [-0.25, -0.2) is 4.79 Å². The van der Waals surface area contributed by atoms with Crippen LogP contribution in [0.15, 0.2) is 0 Å². The summed E-state index contributed by atoms with van der Waals surface area (Å²) in [5.41, 5.74) is 5.27. The summed E-state index contributed by atoms with van der Waals surface area (Å²) in [7, 11) is 0. The number of nitrogens with two attached hydrogens (primary N) is 1. The quantitative estimate of drug-likeness (QED) is 0.626. The zero-order chi connectivity index (χ0) is 12.8. The Labute approximate surface area is 99.7 Å². The molecule has 2 atom stereocenters. The highest BCUT2D eigenvalue weighted by Gasteiger charge is 2.32. The average molecular weight is 245 g/mol. The smallest absolute Gasteiger partial charge is 0.335 e. The van der Waals surface area contributed by atoms with Gasteiger partial charge in [-0.05, 0) is 18.8 Å². The zero-order valence-electron chi connectivity index (χ0n) is 9.67. The fraction of sp³-hybridized carbons (Fsp3) is 0.818. The fourth-order valence-corrected chi connectivity index (χ4v) is 2.05. The monoisotopic (exact) mass is 245 g/mol. The highest BCUT2D eigenvalue weighted by molar-refractivity contribution is 5.84. The van der Waals surface area contributed by atoms with Gasteiger partial charge >= 0.3 is 11.9 Å². The largest absolute Gasteiger partial charge is 0.480 e. The lowest BCUT2D eigenvalue weighted by molar-refractivity contribution is -0.160. The van der Waals surface area contributed by atoms with Gasteiger partial charge in [0.25, 0.3) is 0 Å². The third kappa shape index (κ3) is 4.32. The van der Waals surface area contributed by atoms with Gasteiger partial charge in [-0.15, -0.1) is 0 Å². The van der Waals surface area contributed by atoms with E-state index in [1.165, 1.54) is 6.42 Å². The number of ether oxygens (including phenoxy) is 1. The van der Waals surface area contributed by atoms with Crippen LogP contribution in [0.25, 0.3) is 0 Å². The Morgan fingerprint density at radius 1 is 1.18 bits per heavy atom. The van der Waals surface area contributed by atoms with Crippen LogP contribution in [-0.2, 0) is 14.3 Å². The maximum atomic E-state index is 10.8. The summed E-state index contributed by atoms with van der Waals surface area (Å²) in [6.45, 7) is 0.276. The van der Waals surface area contributed by atoms with Crippen LogP contribution >= 0.6 is 0 Å². The number of carboxylic acids is 2. The molecule has 1 fully saturated rings. The van der Waals surface area contributed by atoms with Crippen LogP contribution in [0.1, 0.15) is 32.1 Å². The molecule has 0 spiro atoms. The van der Waals surface area contributed by atoms with E-state index in [1.807, 2.05) is 0 Å². The van der Waals surface area contributed by atoms with Gasteiger partial charge in [0.15, 0.2) is 6.10 Å². The Hall–Kier alpha value is -1.14. The van der Waals surface area contributed by atoms with Crippen LogP contribution < -0.4 is 5.73 Å². The van der Waals surface area contributed by atoms with Crippen molar-refractivity contribution in [3.05, 3.63) is 0 Å². The number of aliphatic carboxylic acids is 2. The molecule has 0 aromatic heterocycles. The van der Waals surface area contributed by atoms with E-state index in [0.29, 0.717) is 5.92 Å². The Balaban J connectivity index is 2.43. The Morgan fingerprint density at radius 3 is 2.24 bits per heavy atom. The van der Waals surface area contributed by atoms with E-state index in [9.17, 15) is 9.59 Å². The predicted molar refractivity (Wildman–Crippen MR) is 59.6 cm³/mol. The van der Waals surface area contributed by atoms with Crippen molar-refractivity contribution >= 4 is 11.9 Å². The minimum absolute atomic E-state index is 0.276. The molecule has 1 aliphatic carbocycles. The average Bonchev–Trinajstić information content (AvgIpc) is 2.29. The van der Waals surface area contributed by atoms with Crippen molar-refractivity contribution in [2.75, 3.05) is 6.61 Å². The van der Waals surface area contributed by atoms with E-state index in [2.05, 4.69) is 0 Å². The van der Waals surface area contributed by atoms with E-state index < -0.39 is 24.1 Å². The molecule has 0 amide bonds. The Kier molecular flexibility index (Phi) is 5.37. The van der Waals surface area contributed by atoms with E-state index in [4.69, 9.17) is 20.7 Å².